The zero-order valence-electron chi connectivity index (χ0n) is 14.2. The molecule has 0 heterocycles. The van der Waals surface area contributed by atoms with Crippen molar-refractivity contribution >= 4 is 17.3 Å². The minimum Gasteiger partial charge on any atom is -0.370 e. The summed E-state index contributed by atoms with van der Waals surface area (Å²) < 4.78 is 26.9. The third-order valence-electron chi connectivity index (χ3n) is 3.99. The molecule has 0 saturated heterocycles. The van der Waals surface area contributed by atoms with Crippen molar-refractivity contribution < 1.29 is 13.6 Å². The summed E-state index contributed by atoms with van der Waals surface area (Å²) in [7, 11) is 0. The van der Waals surface area contributed by atoms with Crippen LogP contribution >= 0.6 is 0 Å². The fraction of sp³-hybridized carbons (Fsp3) is 0.0952. The Hall–Kier alpha value is -3.21. The minimum atomic E-state index is -0.733. The van der Waals surface area contributed by atoms with Gasteiger partial charge in [0.05, 0.1) is 0 Å². The van der Waals surface area contributed by atoms with Crippen LogP contribution in [0.15, 0.2) is 72.8 Å². The van der Waals surface area contributed by atoms with E-state index >= 15 is 0 Å². The highest BCUT2D eigenvalue weighted by Crippen LogP contribution is 2.23. The summed E-state index contributed by atoms with van der Waals surface area (Å²) in [5.74, 6) is -1.06. The molecular formula is C21H18F2N2O. The van der Waals surface area contributed by atoms with Crippen LogP contribution in [0.4, 0.5) is 20.2 Å². The van der Waals surface area contributed by atoms with Crippen LogP contribution in [-0.4, -0.2) is 5.91 Å². The van der Waals surface area contributed by atoms with Gasteiger partial charge in [0.25, 0.3) is 5.91 Å². The van der Waals surface area contributed by atoms with E-state index in [9.17, 15) is 13.6 Å². The van der Waals surface area contributed by atoms with Gasteiger partial charge in [0.15, 0.2) is 0 Å². The first-order valence-electron chi connectivity index (χ1n) is 8.17. The summed E-state index contributed by atoms with van der Waals surface area (Å²) in [6.07, 6.45) is 0. The smallest absolute Gasteiger partial charge is 0.251 e. The van der Waals surface area contributed by atoms with E-state index in [2.05, 4.69) is 10.6 Å². The number of nitrogens with one attached hydrogen (secondary N) is 2. The van der Waals surface area contributed by atoms with E-state index in [1.807, 2.05) is 30.3 Å². The van der Waals surface area contributed by atoms with Gasteiger partial charge in [-0.1, -0.05) is 36.4 Å². The van der Waals surface area contributed by atoms with Crippen molar-refractivity contribution in [2.45, 2.75) is 13.0 Å². The highest BCUT2D eigenvalue weighted by molar-refractivity contribution is 5.97. The van der Waals surface area contributed by atoms with Gasteiger partial charge in [0, 0.05) is 11.4 Å². The lowest BCUT2D eigenvalue weighted by Crippen LogP contribution is -2.27. The molecule has 0 aromatic heterocycles. The number of hydrogen-bond donors (Lipinski definition) is 2. The number of aryl methyl sites for hydroxylation is 1. The molecule has 0 aliphatic carbocycles. The standard InChI is InChI=1S/C21H18F2N2O/c1-14-7-10-18(13-19(14)23)24-20(15-5-3-2-4-6-15)21(26)25-17-11-8-16(22)9-12-17/h2-13,20,24H,1H3,(H,25,26)/t20-/m1/s1. The fourth-order valence-corrected chi connectivity index (χ4v) is 2.54. The number of amides is 1. The van der Waals surface area contributed by atoms with Crippen molar-refractivity contribution in [1.29, 1.82) is 0 Å². The molecule has 3 rings (SSSR count). The van der Waals surface area contributed by atoms with Crippen LogP contribution in [0, 0.1) is 18.6 Å². The Labute approximate surface area is 150 Å². The number of rotatable bonds is 5. The topological polar surface area (TPSA) is 41.1 Å². The maximum Gasteiger partial charge on any atom is 0.251 e. The Morgan fingerprint density at radius 2 is 1.54 bits per heavy atom. The lowest BCUT2D eigenvalue weighted by Gasteiger charge is -2.20. The third kappa shape index (κ3) is 4.25. The molecule has 0 fully saturated rings. The van der Waals surface area contributed by atoms with Gasteiger partial charge in [-0.25, -0.2) is 8.78 Å². The number of hydrogen-bond acceptors (Lipinski definition) is 2. The molecule has 26 heavy (non-hydrogen) atoms. The van der Waals surface area contributed by atoms with Crippen molar-refractivity contribution in [3.8, 4) is 0 Å². The van der Waals surface area contributed by atoms with Gasteiger partial charge in [-0.2, -0.15) is 0 Å². The van der Waals surface area contributed by atoms with Gasteiger partial charge in [0.1, 0.15) is 17.7 Å². The predicted molar refractivity (Wildman–Crippen MR) is 99.0 cm³/mol. The highest BCUT2D eigenvalue weighted by atomic mass is 19.1. The van der Waals surface area contributed by atoms with Crippen molar-refractivity contribution in [2.75, 3.05) is 10.6 Å². The summed E-state index contributed by atoms with van der Waals surface area (Å²) in [4.78, 5) is 12.8. The molecule has 0 bridgehead atoms. The molecule has 2 N–H and O–H groups in total. The monoisotopic (exact) mass is 352 g/mol. The number of carbonyl (C=O) groups excluding carboxylic acids is 1. The van der Waals surface area contributed by atoms with Crippen LogP contribution in [0.5, 0.6) is 0 Å². The number of carbonyl (C=O) groups is 1. The normalized spacial score (nSPS) is 11.7. The van der Waals surface area contributed by atoms with Gasteiger partial charge < -0.3 is 10.6 Å². The van der Waals surface area contributed by atoms with Gasteiger partial charge in [-0.05, 0) is 54.4 Å². The fourth-order valence-electron chi connectivity index (χ4n) is 2.54. The van der Waals surface area contributed by atoms with E-state index in [1.54, 1.807) is 19.1 Å². The maximum atomic E-state index is 13.8. The van der Waals surface area contributed by atoms with Crippen LogP contribution in [0.3, 0.4) is 0 Å². The number of halogens is 2. The summed E-state index contributed by atoms with van der Waals surface area (Å²) in [6.45, 7) is 1.68. The summed E-state index contributed by atoms with van der Waals surface area (Å²) >= 11 is 0. The Balaban J connectivity index is 1.86. The van der Waals surface area contributed by atoms with E-state index in [0.29, 0.717) is 16.9 Å². The second kappa shape index (κ2) is 7.78. The molecule has 0 saturated carbocycles. The van der Waals surface area contributed by atoms with Crippen LogP contribution in [0.1, 0.15) is 17.2 Å². The average Bonchev–Trinajstić information content (AvgIpc) is 2.65. The molecule has 1 atom stereocenters. The molecule has 0 radical (unpaired) electrons. The predicted octanol–water partition coefficient (Wildman–Crippen LogP) is 5.07. The Morgan fingerprint density at radius 3 is 2.19 bits per heavy atom. The lowest BCUT2D eigenvalue weighted by atomic mass is 10.1. The third-order valence-corrected chi connectivity index (χ3v) is 3.99. The van der Waals surface area contributed by atoms with Crippen LogP contribution in [0.25, 0.3) is 0 Å². The maximum absolute atomic E-state index is 13.8. The molecule has 1 amide bonds. The zero-order chi connectivity index (χ0) is 18.5. The van der Waals surface area contributed by atoms with E-state index in [0.717, 1.165) is 5.56 Å². The summed E-state index contributed by atoms with van der Waals surface area (Å²) in [6, 6.07) is 18.6. The van der Waals surface area contributed by atoms with Crippen molar-refractivity contribution in [3.63, 3.8) is 0 Å². The summed E-state index contributed by atoms with van der Waals surface area (Å²) in [5.41, 5.74) is 2.24. The first kappa shape index (κ1) is 17.6. The molecule has 0 aliphatic heterocycles. The largest absolute Gasteiger partial charge is 0.370 e. The van der Waals surface area contributed by atoms with E-state index in [4.69, 9.17) is 0 Å². The van der Waals surface area contributed by atoms with Crippen LogP contribution in [-0.2, 0) is 4.79 Å². The molecule has 5 heteroatoms. The molecule has 3 aromatic carbocycles. The van der Waals surface area contributed by atoms with Gasteiger partial charge in [-0.3, -0.25) is 4.79 Å². The molecule has 0 spiro atoms. The summed E-state index contributed by atoms with van der Waals surface area (Å²) in [5, 5.41) is 5.82. The van der Waals surface area contributed by atoms with Crippen molar-refractivity contribution in [1.82, 2.24) is 0 Å². The first-order valence-corrected chi connectivity index (χ1v) is 8.17. The van der Waals surface area contributed by atoms with E-state index < -0.39 is 6.04 Å². The highest BCUT2D eigenvalue weighted by Gasteiger charge is 2.21. The molecule has 3 nitrogen and oxygen atoms in total. The first-order chi connectivity index (χ1) is 12.5. The zero-order valence-corrected chi connectivity index (χ0v) is 14.2. The van der Waals surface area contributed by atoms with Crippen molar-refractivity contribution in [2.24, 2.45) is 0 Å². The molecular weight excluding hydrogens is 334 g/mol. The molecule has 3 aromatic rings. The second-order valence-corrected chi connectivity index (χ2v) is 5.95. The second-order valence-electron chi connectivity index (χ2n) is 5.95. The Morgan fingerprint density at radius 1 is 0.885 bits per heavy atom. The van der Waals surface area contributed by atoms with E-state index in [1.165, 1.54) is 30.3 Å². The Bertz CT molecular complexity index is 896. The van der Waals surface area contributed by atoms with Crippen LogP contribution < -0.4 is 10.6 Å². The lowest BCUT2D eigenvalue weighted by molar-refractivity contribution is -0.117. The van der Waals surface area contributed by atoms with Gasteiger partial charge >= 0.3 is 0 Å². The minimum absolute atomic E-state index is 0.330. The number of benzene rings is 3. The number of anilines is 2. The van der Waals surface area contributed by atoms with Crippen LogP contribution in [0.2, 0.25) is 0 Å². The van der Waals surface area contributed by atoms with Gasteiger partial charge in [-0.15, -0.1) is 0 Å². The van der Waals surface area contributed by atoms with E-state index in [-0.39, 0.29) is 17.5 Å². The molecule has 0 unspecified atom stereocenters. The Kier molecular flexibility index (Phi) is 5.27. The molecule has 132 valence electrons. The molecule has 0 aliphatic rings. The quantitative estimate of drug-likeness (QED) is 0.673. The average molecular weight is 352 g/mol. The SMILES string of the molecule is Cc1ccc(N[C@@H](C(=O)Nc2ccc(F)cc2)c2ccccc2)cc1F. The van der Waals surface area contributed by atoms with Crippen molar-refractivity contribution in [3.05, 3.63) is 95.6 Å². The van der Waals surface area contributed by atoms with Gasteiger partial charge in [0.2, 0.25) is 0 Å².